The third kappa shape index (κ3) is 2.14. The Kier molecular flexibility index (Phi) is 2.85. The van der Waals surface area contributed by atoms with Gasteiger partial charge < -0.3 is 5.21 Å². The van der Waals surface area contributed by atoms with Crippen LogP contribution in [0.3, 0.4) is 0 Å². The maximum Gasteiger partial charge on any atom is 0.0733 e. The van der Waals surface area contributed by atoms with Gasteiger partial charge in [0.2, 0.25) is 0 Å². The van der Waals surface area contributed by atoms with Crippen molar-refractivity contribution in [3.05, 3.63) is 71.3 Å². The average Bonchev–Trinajstić information content (AvgIpc) is 3.21. The van der Waals surface area contributed by atoms with Crippen molar-refractivity contribution < 1.29 is 5.21 Å². The van der Waals surface area contributed by atoms with Crippen molar-refractivity contribution in [2.75, 3.05) is 0 Å². The summed E-state index contributed by atoms with van der Waals surface area (Å²) >= 11 is 0. The van der Waals surface area contributed by atoms with E-state index < -0.39 is 0 Å². The lowest BCUT2D eigenvalue weighted by Gasteiger charge is -2.01. The monoisotopic (exact) mass is 237 g/mol. The van der Waals surface area contributed by atoms with Gasteiger partial charge in [-0.2, -0.15) is 0 Å². The normalized spacial score (nSPS) is 22.2. The van der Waals surface area contributed by atoms with Crippen molar-refractivity contribution in [1.29, 1.82) is 0 Å². The molecule has 0 saturated heterocycles. The molecule has 0 heterocycles. The van der Waals surface area contributed by atoms with E-state index in [0.29, 0.717) is 11.8 Å². The van der Waals surface area contributed by atoms with Gasteiger partial charge in [0.15, 0.2) is 0 Å². The molecule has 1 aliphatic carbocycles. The Balaban J connectivity index is 1.74. The standard InChI is InChI=1S/C16H15NO/c18-17-11-12-6-8-14(9-7-12)16-10-15(16)13-4-2-1-3-5-13/h1-9,11,15-16,18H,10H2/b17-11-/t15-,16+/m0/s1. The second-order valence-electron chi connectivity index (χ2n) is 4.77. The fraction of sp³-hybridized carbons (Fsp3) is 0.188. The molecule has 2 nitrogen and oxygen atoms in total. The van der Waals surface area contributed by atoms with E-state index in [9.17, 15) is 0 Å². The highest BCUT2D eigenvalue weighted by Gasteiger charge is 2.39. The second kappa shape index (κ2) is 4.65. The Bertz CT molecular complexity index is 545. The van der Waals surface area contributed by atoms with Crippen molar-refractivity contribution in [1.82, 2.24) is 0 Å². The lowest BCUT2D eigenvalue weighted by atomic mass is 10.0. The molecule has 18 heavy (non-hydrogen) atoms. The summed E-state index contributed by atoms with van der Waals surface area (Å²) in [5, 5.41) is 11.5. The molecule has 3 rings (SSSR count). The summed E-state index contributed by atoms with van der Waals surface area (Å²) in [5.41, 5.74) is 3.74. The Morgan fingerprint density at radius 1 is 0.889 bits per heavy atom. The minimum atomic E-state index is 0.646. The summed E-state index contributed by atoms with van der Waals surface area (Å²) < 4.78 is 0. The highest BCUT2D eigenvalue weighted by Crippen LogP contribution is 2.54. The zero-order valence-corrected chi connectivity index (χ0v) is 10.0. The zero-order chi connectivity index (χ0) is 12.4. The van der Waals surface area contributed by atoms with Gasteiger partial charge in [-0.15, -0.1) is 0 Å². The SMILES string of the molecule is O/N=C\c1ccc([C@H]2C[C@H]2c2ccccc2)cc1. The van der Waals surface area contributed by atoms with Crippen LogP contribution in [0.25, 0.3) is 0 Å². The third-order valence-corrected chi connectivity index (χ3v) is 3.59. The molecule has 2 heteroatoms. The van der Waals surface area contributed by atoms with Gasteiger partial charge in [0.05, 0.1) is 6.21 Å². The molecule has 0 radical (unpaired) electrons. The predicted octanol–water partition coefficient (Wildman–Crippen LogP) is 3.77. The van der Waals surface area contributed by atoms with Crippen molar-refractivity contribution in [3.8, 4) is 0 Å². The summed E-state index contributed by atoms with van der Waals surface area (Å²) in [6.45, 7) is 0. The zero-order valence-electron chi connectivity index (χ0n) is 10.0. The smallest absolute Gasteiger partial charge is 0.0733 e. The Hall–Kier alpha value is -2.09. The summed E-state index contributed by atoms with van der Waals surface area (Å²) in [5.74, 6) is 1.32. The summed E-state index contributed by atoms with van der Waals surface area (Å²) in [6, 6.07) is 18.9. The molecule has 0 aromatic heterocycles. The van der Waals surface area contributed by atoms with Gasteiger partial charge in [0, 0.05) is 0 Å². The highest BCUT2D eigenvalue weighted by atomic mass is 16.4. The Morgan fingerprint density at radius 2 is 1.50 bits per heavy atom. The molecule has 0 unspecified atom stereocenters. The van der Waals surface area contributed by atoms with Gasteiger partial charge in [-0.3, -0.25) is 0 Å². The fourth-order valence-corrected chi connectivity index (χ4v) is 2.53. The van der Waals surface area contributed by atoms with E-state index in [1.807, 2.05) is 12.1 Å². The Morgan fingerprint density at radius 3 is 2.11 bits per heavy atom. The van der Waals surface area contributed by atoms with E-state index in [4.69, 9.17) is 5.21 Å². The molecule has 0 aliphatic heterocycles. The molecule has 0 spiro atoms. The van der Waals surface area contributed by atoms with Crippen LogP contribution in [0.15, 0.2) is 59.8 Å². The summed E-state index contributed by atoms with van der Waals surface area (Å²) in [4.78, 5) is 0. The van der Waals surface area contributed by atoms with Crippen LogP contribution in [0, 0.1) is 0 Å². The van der Waals surface area contributed by atoms with Gasteiger partial charge in [0.1, 0.15) is 0 Å². The molecule has 90 valence electrons. The van der Waals surface area contributed by atoms with Crippen LogP contribution >= 0.6 is 0 Å². The number of hydrogen-bond donors (Lipinski definition) is 1. The van der Waals surface area contributed by atoms with Crippen LogP contribution in [-0.2, 0) is 0 Å². The van der Waals surface area contributed by atoms with Crippen molar-refractivity contribution in [2.24, 2.45) is 5.16 Å². The average molecular weight is 237 g/mol. The van der Waals surface area contributed by atoms with Crippen LogP contribution in [0.2, 0.25) is 0 Å². The number of hydrogen-bond acceptors (Lipinski definition) is 2. The first kappa shape index (κ1) is 11.0. The minimum Gasteiger partial charge on any atom is -0.411 e. The molecule has 0 amide bonds. The van der Waals surface area contributed by atoms with E-state index in [1.54, 1.807) is 0 Å². The van der Waals surface area contributed by atoms with Gasteiger partial charge in [-0.1, -0.05) is 59.8 Å². The van der Waals surface area contributed by atoms with Crippen molar-refractivity contribution in [3.63, 3.8) is 0 Å². The second-order valence-corrected chi connectivity index (χ2v) is 4.77. The van der Waals surface area contributed by atoms with Crippen molar-refractivity contribution >= 4 is 6.21 Å². The summed E-state index contributed by atoms with van der Waals surface area (Å²) in [7, 11) is 0. The van der Waals surface area contributed by atoms with Gasteiger partial charge in [-0.05, 0) is 34.9 Å². The van der Waals surface area contributed by atoms with Gasteiger partial charge in [-0.25, -0.2) is 0 Å². The van der Waals surface area contributed by atoms with Crippen LogP contribution < -0.4 is 0 Å². The molecule has 1 saturated carbocycles. The number of rotatable bonds is 3. The first-order chi connectivity index (χ1) is 8.88. The molecule has 1 N–H and O–H groups in total. The maximum atomic E-state index is 8.47. The first-order valence-corrected chi connectivity index (χ1v) is 6.21. The molecule has 2 atom stereocenters. The first-order valence-electron chi connectivity index (χ1n) is 6.21. The topological polar surface area (TPSA) is 32.6 Å². The lowest BCUT2D eigenvalue weighted by molar-refractivity contribution is 0.322. The predicted molar refractivity (Wildman–Crippen MR) is 72.4 cm³/mol. The molecular formula is C16H15NO. The number of benzene rings is 2. The van der Waals surface area contributed by atoms with E-state index >= 15 is 0 Å². The lowest BCUT2D eigenvalue weighted by Crippen LogP contribution is -1.86. The minimum absolute atomic E-state index is 0.646. The van der Waals surface area contributed by atoms with E-state index in [1.165, 1.54) is 23.8 Å². The number of oxime groups is 1. The largest absolute Gasteiger partial charge is 0.411 e. The number of nitrogens with zero attached hydrogens (tertiary/aromatic N) is 1. The highest BCUT2D eigenvalue weighted by molar-refractivity contribution is 5.79. The molecule has 2 aromatic carbocycles. The maximum absolute atomic E-state index is 8.47. The molecule has 0 bridgehead atoms. The summed E-state index contributed by atoms with van der Waals surface area (Å²) in [6.07, 6.45) is 2.68. The third-order valence-electron chi connectivity index (χ3n) is 3.59. The van der Waals surface area contributed by atoms with Crippen LogP contribution in [0.5, 0.6) is 0 Å². The van der Waals surface area contributed by atoms with Crippen molar-refractivity contribution in [2.45, 2.75) is 18.3 Å². The van der Waals surface area contributed by atoms with Crippen LogP contribution in [-0.4, -0.2) is 11.4 Å². The van der Waals surface area contributed by atoms with E-state index in [2.05, 4.69) is 47.6 Å². The molecule has 2 aromatic rings. The molecular weight excluding hydrogens is 222 g/mol. The van der Waals surface area contributed by atoms with E-state index in [0.717, 1.165) is 5.56 Å². The molecule has 1 aliphatic rings. The fourth-order valence-electron chi connectivity index (χ4n) is 2.53. The van der Waals surface area contributed by atoms with E-state index in [-0.39, 0.29) is 0 Å². The van der Waals surface area contributed by atoms with Crippen LogP contribution in [0.1, 0.15) is 34.9 Å². The Labute approximate surface area is 107 Å². The quantitative estimate of drug-likeness (QED) is 0.492. The van der Waals surface area contributed by atoms with Gasteiger partial charge in [0.25, 0.3) is 0 Å². The molecule has 1 fully saturated rings. The van der Waals surface area contributed by atoms with Crippen LogP contribution in [0.4, 0.5) is 0 Å². The van der Waals surface area contributed by atoms with Gasteiger partial charge >= 0.3 is 0 Å².